The monoisotopic (exact) mass is 344 g/mol. The lowest BCUT2D eigenvalue weighted by Gasteiger charge is -2.60. The van der Waals surface area contributed by atoms with Crippen molar-refractivity contribution in [3.63, 3.8) is 0 Å². The van der Waals surface area contributed by atoms with Crippen molar-refractivity contribution < 1.29 is 9.90 Å². The number of hydrogen-bond donors (Lipinski definition) is 1. The molecular weight excluding hydrogens is 308 g/mol. The van der Waals surface area contributed by atoms with Crippen LogP contribution in [0.5, 0.6) is 0 Å². The van der Waals surface area contributed by atoms with Gasteiger partial charge in [0.25, 0.3) is 0 Å². The molecule has 140 valence electrons. The van der Waals surface area contributed by atoms with Gasteiger partial charge in [-0.3, -0.25) is 4.79 Å². The number of aliphatic hydroxyl groups is 1. The van der Waals surface area contributed by atoms with Crippen LogP contribution in [0.25, 0.3) is 0 Å². The Labute approximate surface area is 153 Å². The summed E-state index contributed by atoms with van der Waals surface area (Å²) in [5, 5.41) is 10.2. The Bertz CT molecular complexity index is 607. The predicted molar refractivity (Wildman–Crippen MR) is 101 cm³/mol. The molecule has 2 heteroatoms. The molecule has 0 aromatic carbocycles. The van der Waals surface area contributed by atoms with Gasteiger partial charge in [0.15, 0.2) is 0 Å². The third-order valence-electron chi connectivity index (χ3n) is 9.18. The fourth-order valence-corrected chi connectivity index (χ4v) is 8.37. The Morgan fingerprint density at radius 2 is 1.84 bits per heavy atom. The lowest BCUT2D eigenvalue weighted by Crippen LogP contribution is -2.53. The summed E-state index contributed by atoms with van der Waals surface area (Å²) in [7, 11) is 0. The number of hydrogen-bond acceptors (Lipinski definition) is 2. The normalized spacial score (nSPS) is 55.0. The molecule has 4 aliphatic rings. The topological polar surface area (TPSA) is 37.3 Å². The van der Waals surface area contributed by atoms with Crippen molar-refractivity contribution in [1.29, 1.82) is 0 Å². The van der Waals surface area contributed by atoms with E-state index in [1.807, 2.05) is 6.92 Å². The Morgan fingerprint density at radius 1 is 1.12 bits per heavy atom. The van der Waals surface area contributed by atoms with Crippen LogP contribution in [0, 0.1) is 46.3 Å². The van der Waals surface area contributed by atoms with E-state index in [2.05, 4.69) is 33.8 Å². The van der Waals surface area contributed by atoms with Crippen LogP contribution in [-0.2, 0) is 4.79 Å². The fraction of sp³-hybridized carbons (Fsp3) is 0.870. The molecule has 0 unspecified atom stereocenters. The number of ketones is 1. The molecular formula is C23H36O2. The maximum atomic E-state index is 12.4. The van der Waals surface area contributed by atoms with Crippen LogP contribution in [0.1, 0.15) is 73.1 Å². The van der Waals surface area contributed by atoms with E-state index in [9.17, 15) is 9.90 Å². The first kappa shape index (κ1) is 17.8. The maximum Gasteiger partial charge on any atom is 0.133 e. The first-order valence-corrected chi connectivity index (χ1v) is 10.6. The second kappa shape index (κ2) is 5.68. The minimum absolute atomic E-state index is 0.220. The standard InChI is InChI=1S/C23H36O2/c1-13-10-17-18(22(4)8-6-16(25)12-19(13)22)7-9-23(5)20(17)11-14(2)21(23)15(3)24/h12-14,16-18,20-21,25H,6-11H2,1-5H3/t13-,14+,16-,17+,18-,20+,21+,22+,23-/m0/s1. The summed E-state index contributed by atoms with van der Waals surface area (Å²) in [5.74, 6) is 4.04. The summed E-state index contributed by atoms with van der Waals surface area (Å²) in [5.41, 5.74) is 2.04. The Morgan fingerprint density at radius 3 is 2.52 bits per heavy atom. The van der Waals surface area contributed by atoms with Gasteiger partial charge in [0.2, 0.25) is 0 Å². The lowest BCUT2D eigenvalue weighted by molar-refractivity contribution is -0.129. The summed E-state index contributed by atoms with van der Waals surface area (Å²) in [4.78, 5) is 12.4. The van der Waals surface area contributed by atoms with Crippen LogP contribution in [0.4, 0.5) is 0 Å². The van der Waals surface area contributed by atoms with Crippen LogP contribution in [-0.4, -0.2) is 17.0 Å². The van der Waals surface area contributed by atoms with Crippen molar-refractivity contribution in [3.8, 4) is 0 Å². The van der Waals surface area contributed by atoms with Crippen LogP contribution in [0.3, 0.4) is 0 Å². The van der Waals surface area contributed by atoms with Gasteiger partial charge in [-0.05, 0) is 85.9 Å². The van der Waals surface area contributed by atoms with Gasteiger partial charge in [-0.15, -0.1) is 0 Å². The second-order valence-electron chi connectivity index (χ2n) is 10.5. The summed E-state index contributed by atoms with van der Waals surface area (Å²) in [6.07, 6.45) is 9.02. The molecule has 0 aromatic heterocycles. The second-order valence-corrected chi connectivity index (χ2v) is 10.5. The number of rotatable bonds is 1. The van der Waals surface area contributed by atoms with Crippen molar-refractivity contribution in [2.45, 2.75) is 79.2 Å². The van der Waals surface area contributed by atoms with Gasteiger partial charge >= 0.3 is 0 Å². The SMILES string of the molecule is CC(=O)[C@H]1[C@H](C)C[C@@H]2[C@@H]3C[C@H](C)C4=C[C@@H](O)CC[C@]4(C)[C@H]3CC[C@@]21C. The van der Waals surface area contributed by atoms with Crippen molar-refractivity contribution in [3.05, 3.63) is 11.6 Å². The molecule has 3 saturated carbocycles. The maximum absolute atomic E-state index is 12.4. The molecule has 4 aliphatic carbocycles. The average Bonchev–Trinajstić information content (AvgIpc) is 2.80. The third-order valence-corrected chi connectivity index (χ3v) is 9.18. The van der Waals surface area contributed by atoms with Gasteiger partial charge < -0.3 is 5.11 Å². The highest BCUT2D eigenvalue weighted by Crippen LogP contribution is 2.68. The Kier molecular flexibility index (Phi) is 4.04. The molecule has 9 atom stereocenters. The van der Waals surface area contributed by atoms with E-state index in [1.165, 1.54) is 25.7 Å². The highest BCUT2D eigenvalue weighted by molar-refractivity contribution is 5.80. The molecule has 0 bridgehead atoms. The number of fused-ring (bicyclic) bond motifs is 5. The largest absolute Gasteiger partial charge is 0.389 e. The molecule has 3 fully saturated rings. The molecule has 0 saturated heterocycles. The van der Waals surface area contributed by atoms with Gasteiger partial charge in [0.05, 0.1) is 6.10 Å². The highest BCUT2D eigenvalue weighted by Gasteiger charge is 2.62. The molecule has 1 N–H and O–H groups in total. The number of allylic oxidation sites excluding steroid dienone is 1. The molecule has 0 amide bonds. The zero-order valence-corrected chi connectivity index (χ0v) is 16.7. The Balaban J connectivity index is 1.72. The molecule has 0 aromatic rings. The van der Waals surface area contributed by atoms with Crippen LogP contribution in [0.15, 0.2) is 11.6 Å². The van der Waals surface area contributed by atoms with Crippen molar-refractivity contribution >= 4 is 5.78 Å². The van der Waals surface area contributed by atoms with E-state index < -0.39 is 0 Å². The molecule has 25 heavy (non-hydrogen) atoms. The van der Waals surface area contributed by atoms with E-state index in [-0.39, 0.29) is 22.9 Å². The smallest absolute Gasteiger partial charge is 0.133 e. The number of Topliss-reactive ketones (excluding diaryl/α,β-unsaturated/α-hetero) is 1. The van der Waals surface area contributed by atoms with Gasteiger partial charge in [-0.1, -0.05) is 39.3 Å². The van der Waals surface area contributed by atoms with E-state index in [1.54, 1.807) is 5.57 Å². The Hall–Kier alpha value is -0.630. The number of aliphatic hydroxyl groups excluding tert-OH is 1. The summed E-state index contributed by atoms with van der Waals surface area (Å²) >= 11 is 0. The minimum atomic E-state index is -0.232. The van der Waals surface area contributed by atoms with Gasteiger partial charge in [0, 0.05) is 5.92 Å². The third kappa shape index (κ3) is 2.35. The van der Waals surface area contributed by atoms with E-state index >= 15 is 0 Å². The molecule has 0 spiro atoms. The number of carbonyl (C=O) groups excluding carboxylic acids is 1. The predicted octanol–water partition coefficient (Wildman–Crippen LogP) is 5.01. The van der Waals surface area contributed by atoms with E-state index in [0.29, 0.717) is 23.5 Å². The van der Waals surface area contributed by atoms with Gasteiger partial charge in [-0.2, -0.15) is 0 Å². The minimum Gasteiger partial charge on any atom is -0.389 e. The zero-order valence-electron chi connectivity index (χ0n) is 16.7. The fourth-order valence-electron chi connectivity index (χ4n) is 8.37. The van der Waals surface area contributed by atoms with Crippen molar-refractivity contribution in [2.75, 3.05) is 0 Å². The zero-order chi connectivity index (χ0) is 18.1. The quantitative estimate of drug-likeness (QED) is 0.679. The summed E-state index contributed by atoms with van der Waals surface area (Å²) in [6.45, 7) is 11.5. The van der Waals surface area contributed by atoms with Crippen LogP contribution < -0.4 is 0 Å². The first-order chi connectivity index (χ1) is 11.7. The summed E-state index contributed by atoms with van der Waals surface area (Å²) in [6, 6.07) is 0. The molecule has 4 rings (SSSR count). The highest BCUT2D eigenvalue weighted by atomic mass is 16.3. The van der Waals surface area contributed by atoms with Crippen LogP contribution in [0.2, 0.25) is 0 Å². The van der Waals surface area contributed by atoms with Crippen molar-refractivity contribution in [2.24, 2.45) is 46.3 Å². The van der Waals surface area contributed by atoms with E-state index in [4.69, 9.17) is 0 Å². The van der Waals surface area contributed by atoms with Crippen molar-refractivity contribution in [1.82, 2.24) is 0 Å². The van der Waals surface area contributed by atoms with Gasteiger partial charge in [0.1, 0.15) is 5.78 Å². The first-order valence-electron chi connectivity index (χ1n) is 10.6. The van der Waals surface area contributed by atoms with E-state index in [0.717, 1.165) is 24.7 Å². The average molecular weight is 345 g/mol. The molecule has 0 aliphatic heterocycles. The van der Waals surface area contributed by atoms with Crippen LogP contribution >= 0.6 is 0 Å². The van der Waals surface area contributed by atoms with Gasteiger partial charge in [-0.25, -0.2) is 0 Å². The summed E-state index contributed by atoms with van der Waals surface area (Å²) < 4.78 is 0. The molecule has 0 heterocycles. The number of carbonyl (C=O) groups is 1. The molecule has 2 nitrogen and oxygen atoms in total. The molecule has 0 radical (unpaired) electrons. The lowest BCUT2D eigenvalue weighted by atomic mass is 9.45.